The average molecular weight is 278 g/mol. The van der Waals surface area contributed by atoms with Gasteiger partial charge in [-0.1, -0.05) is 30.3 Å². The van der Waals surface area contributed by atoms with Crippen LogP contribution in [0.2, 0.25) is 0 Å². The van der Waals surface area contributed by atoms with E-state index in [1.54, 1.807) is 18.2 Å². The molecule has 0 saturated carbocycles. The minimum atomic E-state index is -0.164. The fraction of sp³-hybridized carbons (Fsp3) is 0.0588. The highest BCUT2D eigenvalue weighted by molar-refractivity contribution is 5.92. The maximum Gasteiger partial charge on any atom is 0.230 e. The second-order valence-corrected chi connectivity index (χ2v) is 4.77. The molecule has 2 N–H and O–H groups in total. The Kier molecular flexibility index (Phi) is 3.51. The number of aromatic nitrogens is 1. The van der Waals surface area contributed by atoms with Crippen LogP contribution in [0.25, 0.3) is 10.9 Å². The summed E-state index contributed by atoms with van der Waals surface area (Å²) in [7, 11) is 0. The van der Waals surface area contributed by atoms with E-state index in [0.29, 0.717) is 11.4 Å². The molecule has 2 aromatic carbocycles. The zero-order valence-corrected chi connectivity index (χ0v) is 11.3. The number of aromatic hydroxyl groups is 1. The number of benzene rings is 2. The van der Waals surface area contributed by atoms with Gasteiger partial charge in [0.25, 0.3) is 0 Å². The molecule has 0 unspecified atom stereocenters. The van der Waals surface area contributed by atoms with Crippen molar-refractivity contribution in [2.75, 3.05) is 5.32 Å². The van der Waals surface area contributed by atoms with Gasteiger partial charge in [0.15, 0.2) is 0 Å². The number of rotatable bonds is 3. The Morgan fingerprint density at radius 1 is 1.05 bits per heavy atom. The van der Waals surface area contributed by atoms with Gasteiger partial charge in [0.2, 0.25) is 5.91 Å². The van der Waals surface area contributed by atoms with Crippen molar-refractivity contribution in [1.29, 1.82) is 0 Å². The van der Waals surface area contributed by atoms with Gasteiger partial charge in [0.1, 0.15) is 5.75 Å². The molecule has 0 aliphatic carbocycles. The summed E-state index contributed by atoms with van der Waals surface area (Å²) in [5.74, 6) is -0.0417. The number of amides is 1. The predicted octanol–water partition coefficient (Wildman–Crippen LogP) is 3.12. The van der Waals surface area contributed by atoms with Gasteiger partial charge in [-0.2, -0.15) is 0 Å². The smallest absolute Gasteiger partial charge is 0.230 e. The minimum Gasteiger partial charge on any atom is -0.508 e. The highest BCUT2D eigenvalue weighted by atomic mass is 16.3. The Bertz CT molecular complexity index is 799. The first kappa shape index (κ1) is 13.1. The van der Waals surface area contributed by atoms with E-state index in [9.17, 15) is 9.90 Å². The molecule has 4 heteroatoms. The third-order valence-electron chi connectivity index (χ3n) is 3.13. The number of phenolic OH excluding ortho intramolecular Hbond substituents is 1. The van der Waals surface area contributed by atoms with Crippen LogP contribution in [-0.2, 0) is 11.2 Å². The first-order chi connectivity index (χ1) is 10.2. The molecule has 0 fully saturated rings. The molecule has 0 radical (unpaired) electrons. The molecule has 0 aliphatic rings. The Hall–Kier alpha value is -2.88. The number of para-hydroxylation sites is 1. The molecule has 3 rings (SSSR count). The van der Waals surface area contributed by atoms with Gasteiger partial charge in [-0.3, -0.25) is 9.78 Å². The number of phenols is 1. The summed E-state index contributed by atoms with van der Waals surface area (Å²) in [6.45, 7) is 0. The van der Waals surface area contributed by atoms with Crippen molar-refractivity contribution >= 4 is 22.5 Å². The summed E-state index contributed by atoms with van der Waals surface area (Å²) in [4.78, 5) is 16.5. The van der Waals surface area contributed by atoms with Crippen molar-refractivity contribution in [3.63, 3.8) is 0 Å². The van der Waals surface area contributed by atoms with E-state index in [4.69, 9.17) is 0 Å². The summed E-state index contributed by atoms with van der Waals surface area (Å²) in [6, 6.07) is 18.1. The van der Waals surface area contributed by atoms with Crippen LogP contribution in [0.1, 0.15) is 5.69 Å². The first-order valence-corrected chi connectivity index (χ1v) is 6.64. The molecule has 0 aliphatic heterocycles. The van der Waals surface area contributed by atoms with Crippen LogP contribution in [-0.4, -0.2) is 16.0 Å². The number of carbonyl (C=O) groups excluding carboxylic acids is 1. The van der Waals surface area contributed by atoms with E-state index in [2.05, 4.69) is 10.3 Å². The molecule has 3 aromatic rings. The standard InChI is InChI=1S/C17H14N2O2/c20-15-6-3-5-13(10-15)19-17(21)11-14-9-8-12-4-1-2-7-16(12)18-14/h1-10,20H,11H2,(H,19,21). The monoisotopic (exact) mass is 278 g/mol. The van der Waals surface area contributed by atoms with Gasteiger partial charge in [0, 0.05) is 17.1 Å². The summed E-state index contributed by atoms with van der Waals surface area (Å²) in [5, 5.41) is 13.2. The molecule has 0 spiro atoms. The van der Waals surface area contributed by atoms with Crippen LogP contribution < -0.4 is 5.32 Å². The van der Waals surface area contributed by atoms with Gasteiger partial charge in [0.05, 0.1) is 17.6 Å². The molecule has 1 heterocycles. The van der Waals surface area contributed by atoms with E-state index in [1.165, 1.54) is 6.07 Å². The molecule has 104 valence electrons. The highest BCUT2D eigenvalue weighted by Gasteiger charge is 2.06. The van der Waals surface area contributed by atoms with Crippen molar-refractivity contribution < 1.29 is 9.90 Å². The number of carbonyl (C=O) groups is 1. The van der Waals surface area contributed by atoms with E-state index < -0.39 is 0 Å². The number of nitrogens with one attached hydrogen (secondary N) is 1. The van der Waals surface area contributed by atoms with Gasteiger partial charge in [-0.05, 0) is 24.3 Å². The Balaban J connectivity index is 1.74. The highest BCUT2D eigenvalue weighted by Crippen LogP contribution is 2.16. The van der Waals surface area contributed by atoms with Gasteiger partial charge < -0.3 is 10.4 Å². The van der Waals surface area contributed by atoms with Crippen LogP contribution >= 0.6 is 0 Å². The number of pyridine rings is 1. The van der Waals surface area contributed by atoms with Crippen LogP contribution in [0, 0.1) is 0 Å². The molecule has 0 atom stereocenters. The lowest BCUT2D eigenvalue weighted by atomic mass is 10.2. The van der Waals surface area contributed by atoms with Crippen LogP contribution in [0.5, 0.6) is 5.75 Å². The zero-order chi connectivity index (χ0) is 14.7. The molecule has 0 bridgehead atoms. The van der Waals surface area contributed by atoms with Crippen molar-refractivity contribution in [1.82, 2.24) is 4.98 Å². The van der Waals surface area contributed by atoms with E-state index in [-0.39, 0.29) is 18.1 Å². The lowest BCUT2D eigenvalue weighted by Crippen LogP contribution is -2.15. The average Bonchev–Trinajstić information content (AvgIpc) is 2.47. The Morgan fingerprint density at radius 2 is 1.90 bits per heavy atom. The molecular formula is C17H14N2O2. The summed E-state index contributed by atoms with van der Waals surface area (Å²) >= 11 is 0. The molecule has 21 heavy (non-hydrogen) atoms. The van der Waals surface area contributed by atoms with Gasteiger partial charge >= 0.3 is 0 Å². The van der Waals surface area contributed by atoms with Crippen molar-refractivity contribution in [2.45, 2.75) is 6.42 Å². The quantitative estimate of drug-likeness (QED) is 0.773. The maximum atomic E-state index is 12.0. The number of nitrogens with zero attached hydrogens (tertiary/aromatic N) is 1. The second kappa shape index (κ2) is 5.63. The summed E-state index contributed by atoms with van der Waals surface area (Å²) in [6.07, 6.45) is 0.195. The number of hydrogen-bond acceptors (Lipinski definition) is 3. The minimum absolute atomic E-state index is 0.122. The second-order valence-electron chi connectivity index (χ2n) is 4.77. The summed E-state index contributed by atoms with van der Waals surface area (Å²) in [5.41, 5.74) is 2.16. The lowest BCUT2D eigenvalue weighted by Gasteiger charge is -2.06. The third-order valence-corrected chi connectivity index (χ3v) is 3.13. The van der Waals surface area contributed by atoms with Gasteiger partial charge in [-0.25, -0.2) is 0 Å². The predicted molar refractivity (Wildman–Crippen MR) is 82.2 cm³/mol. The SMILES string of the molecule is O=C(Cc1ccc2ccccc2n1)Nc1cccc(O)c1. The topological polar surface area (TPSA) is 62.2 Å². The Morgan fingerprint density at radius 3 is 2.76 bits per heavy atom. The van der Waals surface area contributed by atoms with Crippen LogP contribution in [0.15, 0.2) is 60.7 Å². The largest absolute Gasteiger partial charge is 0.508 e. The van der Waals surface area contributed by atoms with Crippen LogP contribution in [0.4, 0.5) is 5.69 Å². The zero-order valence-electron chi connectivity index (χ0n) is 11.3. The fourth-order valence-corrected chi connectivity index (χ4v) is 2.16. The lowest BCUT2D eigenvalue weighted by molar-refractivity contribution is -0.115. The van der Waals surface area contributed by atoms with E-state index >= 15 is 0 Å². The normalized spacial score (nSPS) is 10.5. The maximum absolute atomic E-state index is 12.0. The third kappa shape index (κ3) is 3.17. The summed E-state index contributed by atoms with van der Waals surface area (Å²) < 4.78 is 0. The molecular weight excluding hydrogens is 264 g/mol. The van der Waals surface area contributed by atoms with Crippen molar-refractivity contribution in [2.24, 2.45) is 0 Å². The number of anilines is 1. The van der Waals surface area contributed by atoms with Crippen LogP contribution in [0.3, 0.4) is 0 Å². The number of hydrogen-bond donors (Lipinski definition) is 2. The van der Waals surface area contributed by atoms with Crippen molar-refractivity contribution in [3.8, 4) is 5.75 Å². The van der Waals surface area contributed by atoms with E-state index in [1.807, 2.05) is 36.4 Å². The molecule has 4 nitrogen and oxygen atoms in total. The first-order valence-electron chi connectivity index (χ1n) is 6.64. The molecule has 0 saturated heterocycles. The molecule has 1 amide bonds. The van der Waals surface area contributed by atoms with Gasteiger partial charge in [-0.15, -0.1) is 0 Å². The Labute approximate surface area is 122 Å². The van der Waals surface area contributed by atoms with E-state index in [0.717, 1.165) is 10.9 Å². The fourth-order valence-electron chi connectivity index (χ4n) is 2.16. The number of fused-ring (bicyclic) bond motifs is 1. The molecule has 1 aromatic heterocycles. The van der Waals surface area contributed by atoms with Crippen molar-refractivity contribution in [3.05, 3.63) is 66.4 Å².